The normalized spacial score (nSPS) is 16.7. The van der Waals surface area contributed by atoms with Crippen LogP contribution in [-0.4, -0.2) is 11.0 Å². The van der Waals surface area contributed by atoms with Crippen molar-refractivity contribution in [2.24, 2.45) is 0 Å². The number of carbonyl (C=O) groups excluding carboxylic acids is 1. The van der Waals surface area contributed by atoms with Crippen molar-refractivity contribution in [1.29, 1.82) is 0 Å². The molecule has 0 unspecified atom stereocenters. The molecule has 0 fully saturated rings. The predicted molar refractivity (Wildman–Crippen MR) is 84.3 cm³/mol. The zero-order chi connectivity index (χ0) is 17.8. The summed E-state index contributed by atoms with van der Waals surface area (Å²) >= 11 is 0. The van der Waals surface area contributed by atoms with Gasteiger partial charge in [0.15, 0.2) is 5.70 Å². The molecule has 0 saturated heterocycles. The molecule has 0 atom stereocenters. The van der Waals surface area contributed by atoms with Crippen LogP contribution in [-0.2, 0) is 11.0 Å². The SMILES string of the molecule is O=C1Nc2ccccc2N2NN(c3ccc(C(F)(F)F)cc3)C(O)=C12. The number of hydrogen-bond donors (Lipinski definition) is 3. The Morgan fingerprint density at radius 1 is 0.960 bits per heavy atom. The van der Waals surface area contributed by atoms with Gasteiger partial charge < -0.3 is 10.4 Å². The van der Waals surface area contributed by atoms with Crippen LogP contribution in [0.1, 0.15) is 5.56 Å². The number of para-hydroxylation sites is 2. The van der Waals surface area contributed by atoms with Crippen molar-refractivity contribution in [2.75, 3.05) is 15.3 Å². The Kier molecular flexibility index (Phi) is 3.16. The molecule has 0 saturated carbocycles. The van der Waals surface area contributed by atoms with Crippen LogP contribution in [0.3, 0.4) is 0 Å². The molecule has 0 bridgehead atoms. The highest BCUT2D eigenvalue weighted by Crippen LogP contribution is 2.38. The zero-order valence-corrected chi connectivity index (χ0v) is 12.5. The summed E-state index contributed by atoms with van der Waals surface area (Å²) in [5, 5.41) is 15.5. The van der Waals surface area contributed by atoms with Crippen molar-refractivity contribution in [2.45, 2.75) is 6.18 Å². The van der Waals surface area contributed by atoms with Gasteiger partial charge >= 0.3 is 6.18 Å². The molecule has 2 heterocycles. The molecule has 2 aromatic rings. The molecule has 25 heavy (non-hydrogen) atoms. The molecule has 6 nitrogen and oxygen atoms in total. The van der Waals surface area contributed by atoms with Gasteiger partial charge in [0.2, 0.25) is 5.88 Å². The van der Waals surface area contributed by atoms with Crippen LogP contribution in [0.2, 0.25) is 0 Å². The summed E-state index contributed by atoms with van der Waals surface area (Å²) in [7, 11) is 0. The van der Waals surface area contributed by atoms with Crippen LogP contribution in [0.4, 0.5) is 30.2 Å². The minimum Gasteiger partial charge on any atom is -0.492 e. The van der Waals surface area contributed by atoms with Crippen molar-refractivity contribution in [3.63, 3.8) is 0 Å². The first-order valence-corrected chi connectivity index (χ1v) is 7.24. The Morgan fingerprint density at radius 3 is 2.32 bits per heavy atom. The van der Waals surface area contributed by atoms with Gasteiger partial charge in [-0.15, -0.1) is 5.53 Å². The van der Waals surface area contributed by atoms with Gasteiger partial charge in [0.25, 0.3) is 5.91 Å². The maximum atomic E-state index is 12.7. The summed E-state index contributed by atoms with van der Waals surface area (Å²) in [6.45, 7) is 0. The van der Waals surface area contributed by atoms with Crippen LogP contribution >= 0.6 is 0 Å². The van der Waals surface area contributed by atoms with Gasteiger partial charge in [-0.05, 0) is 36.4 Å². The first kappa shape index (κ1) is 15.3. The number of nitrogens with one attached hydrogen (secondary N) is 2. The topological polar surface area (TPSA) is 67.8 Å². The number of halogens is 3. The Bertz CT molecular complexity index is 893. The summed E-state index contributed by atoms with van der Waals surface area (Å²) in [6.07, 6.45) is -4.45. The highest BCUT2D eigenvalue weighted by atomic mass is 19.4. The van der Waals surface area contributed by atoms with Crippen molar-refractivity contribution >= 4 is 23.0 Å². The molecule has 128 valence electrons. The fraction of sp³-hybridized carbons (Fsp3) is 0.0625. The van der Waals surface area contributed by atoms with E-state index in [1.165, 1.54) is 17.1 Å². The Labute approximate surface area is 139 Å². The lowest BCUT2D eigenvalue weighted by atomic mass is 10.2. The predicted octanol–water partition coefficient (Wildman–Crippen LogP) is 3.13. The average molecular weight is 348 g/mol. The summed E-state index contributed by atoms with van der Waals surface area (Å²) in [5.41, 5.74) is 3.35. The maximum absolute atomic E-state index is 12.7. The van der Waals surface area contributed by atoms with Crippen molar-refractivity contribution in [3.05, 3.63) is 65.7 Å². The molecular formula is C16H11F3N4O2. The van der Waals surface area contributed by atoms with Crippen molar-refractivity contribution < 1.29 is 23.1 Å². The fourth-order valence-electron chi connectivity index (χ4n) is 2.72. The largest absolute Gasteiger partial charge is 0.492 e. The van der Waals surface area contributed by atoms with E-state index in [0.29, 0.717) is 11.4 Å². The van der Waals surface area contributed by atoms with Gasteiger partial charge in [-0.2, -0.15) is 13.2 Å². The Hall–Kier alpha value is -3.20. The molecule has 0 spiro atoms. The molecule has 4 rings (SSSR count). The number of benzene rings is 2. The van der Waals surface area contributed by atoms with Crippen LogP contribution in [0.5, 0.6) is 0 Å². The second kappa shape index (κ2) is 5.15. The van der Waals surface area contributed by atoms with Gasteiger partial charge in [0, 0.05) is 0 Å². The zero-order valence-electron chi connectivity index (χ0n) is 12.5. The van der Waals surface area contributed by atoms with Crippen LogP contribution < -0.4 is 20.9 Å². The molecule has 2 aromatic carbocycles. The van der Waals surface area contributed by atoms with Gasteiger partial charge in [-0.1, -0.05) is 12.1 Å². The van der Waals surface area contributed by atoms with Crippen LogP contribution in [0.15, 0.2) is 60.1 Å². The third-order valence-electron chi connectivity index (χ3n) is 3.91. The van der Waals surface area contributed by atoms with Gasteiger partial charge in [0.05, 0.1) is 22.6 Å². The van der Waals surface area contributed by atoms with E-state index in [1.54, 1.807) is 24.3 Å². The van der Waals surface area contributed by atoms with E-state index >= 15 is 0 Å². The minimum absolute atomic E-state index is 0.0430. The third-order valence-corrected chi connectivity index (χ3v) is 3.91. The number of hydrazine groups is 2. The number of fused-ring (bicyclic) bond motifs is 3. The van der Waals surface area contributed by atoms with Gasteiger partial charge in [0.1, 0.15) is 0 Å². The second-order valence-corrected chi connectivity index (χ2v) is 5.46. The molecule has 2 aliphatic rings. The number of carbonyl (C=O) groups is 1. The molecule has 9 heteroatoms. The molecule has 1 amide bonds. The van der Waals surface area contributed by atoms with Gasteiger partial charge in [-0.25, -0.2) is 10.0 Å². The molecule has 2 aliphatic heterocycles. The van der Waals surface area contributed by atoms with E-state index in [-0.39, 0.29) is 11.4 Å². The van der Waals surface area contributed by atoms with Gasteiger partial charge in [-0.3, -0.25) is 4.79 Å². The molecular weight excluding hydrogens is 337 g/mol. The summed E-state index contributed by atoms with van der Waals surface area (Å²) < 4.78 is 38.0. The van der Waals surface area contributed by atoms with Crippen molar-refractivity contribution in [3.8, 4) is 0 Å². The number of aliphatic hydroxyl groups excluding tert-OH is 1. The molecule has 3 N–H and O–H groups in total. The second-order valence-electron chi connectivity index (χ2n) is 5.46. The summed E-state index contributed by atoms with van der Waals surface area (Å²) in [5.74, 6) is -0.940. The van der Waals surface area contributed by atoms with Crippen molar-refractivity contribution in [1.82, 2.24) is 5.53 Å². The third kappa shape index (κ3) is 2.36. The molecule has 0 aliphatic carbocycles. The number of amides is 1. The summed E-state index contributed by atoms with van der Waals surface area (Å²) in [6, 6.07) is 11.1. The lowest BCUT2D eigenvalue weighted by Crippen LogP contribution is -2.45. The monoisotopic (exact) mass is 348 g/mol. The fourth-order valence-corrected chi connectivity index (χ4v) is 2.72. The van der Waals surface area contributed by atoms with E-state index in [2.05, 4.69) is 10.9 Å². The highest BCUT2D eigenvalue weighted by Gasteiger charge is 2.40. The highest BCUT2D eigenvalue weighted by molar-refractivity contribution is 6.12. The van der Waals surface area contributed by atoms with Crippen LogP contribution in [0.25, 0.3) is 0 Å². The number of nitrogens with zero attached hydrogens (tertiary/aromatic N) is 2. The van der Waals surface area contributed by atoms with E-state index in [0.717, 1.165) is 17.1 Å². The average Bonchev–Trinajstić information content (AvgIpc) is 2.93. The number of aliphatic hydroxyl groups is 1. The lowest BCUT2D eigenvalue weighted by molar-refractivity contribution is -0.137. The maximum Gasteiger partial charge on any atom is 0.416 e. The van der Waals surface area contributed by atoms with E-state index in [4.69, 9.17) is 0 Å². The molecule has 0 aromatic heterocycles. The Balaban J connectivity index is 1.72. The quantitative estimate of drug-likeness (QED) is 0.739. The van der Waals surface area contributed by atoms with E-state index < -0.39 is 23.5 Å². The standard InChI is InChI=1S/C16H11F3N4O2/c17-16(18,19)9-5-7-10(8-6-9)22-15(25)13-14(24)20-11-3-1-2-4-12(11)23(13)21-22/h1-8,21,25H,(H,20,24). The number of hydrogen-bond acceptors (Lipinski definition) is 5. The smallest absolute Gasteiger partial charge is 0.416 e. The molecule has 0 radical (unpaired) electrons. The van der Waals surface area contributed by atoms with E-state index in [9.17, 15) is 23.1 Å². The lowest BCUT2D eigenvalue weighted by Gasteiger charge is -2.28. The first-order valence-electron chi connectivity index (χ1n) is 7.24. The number of rotatable bonds is 1. The number of anilines is 3. The first-order chi connectivity index (χ1) is 11.9. The summed E-state index contributed by atoms with van der Waals surface area (Å²) in [4.78, 5) is 12.2. The minimum atomic E-state index is -4.45. The Morgan fingerprint density at radius 2 is 1.64 bits per heavy atom. The van der Waals surface area contributed by atoms with Crippen LogP contribution in [0, 0.1) is 0 Å². The van der Waals surface area contributed by atoms with E-state index in [1.807, 2.05) is 0 Å². The number of alkyl halides is 3.